The van der Waals surface area contributed by atoms with Crippen LogP contribution in [0.15, 0.2) is 18.2 Å². The predicted molar refractivity (Wildman–Crippen MR) is 82.0 cm³/mol. The number of nitrogens with one attached hydrogen (secondary N) is 1. The Kier molecular flexibility index (Phi) is 3.66. The van der Waals surface area contributed by atoms with Gasteiger partial charge in [-0.2, -0.15) is 0 Å². The van der Waals surface area contributed by atoms with Crippen molar-refractivity contribution in [3.63, 3.8) is 0 Å². The minimum Gasteiger partial charge on any atom is -0.365 e. The van der Waals surface area contributed by atoms with E-state index in [2.05, 4.69) is 22.3 Å². The van der Waals surface area contributed by atoms with Crippen LogP contribution in [0.25, 0.3) is 0 Å². The average molecular weight is 273 g/mol. The van der Waals surface area contributed by atoms with Gasteiger partial charge in [0.05, 0.1) is 11.4 Å². The van der Waals surface area contributed by atoms with Crippen LogP contribution in [-0.4, -0.2) is 24.5 Å². The molecule has 0 saturated heterocycles. The first-order valence-corrected chi connectivity index (χ1v) is 7.59. The van der Waals surface area contributed by atoms with Gasteiger partial charge in [0.1, 0.15) is 6.04 Å². The quantitative estimate of drug-likeness (QED) is 0.826. The summed E-state index contributed by atoms with van der Waals surface area (Å²) in [4.78, 5) is 14.4. The number of fused-ring (bicyclic) bond motifs is 1. The van der Waals surface area contributed by atoms with E-state index in [-0.39, 0.29) is 5.91 Å². The lowest BCUT2D eigenvalue weighted by Crippen LogP contribution is -2.47. The van der Waals surface area contributed by atoms with E-state index in [4.69, 9.17) is 5.73 Å². The summed E-state index contributed by atoms with van der Waals surface area (Å²) in [6, 6.07) is 6.34. The molecule has 1 amide bonds. The van der Waals surface area contributed by atoms with Crippen LogP contribution in [0.5, 0.6) is 0 Å². The lowest BCUT2D eigenvalue weighted by Gasteiger charge is -2.36. The fourth-order valence-electron chi connectivity index (χ4n) is 3.36. The Bertz CT molecular complexity index is 508. The number of hydrogen-bond acceptors (Lipinski definition) is 3. The second-order valence-corrected chi connectivity index (χ2v) is 6.06. The van der Waals surface area contributed by atoms with Gasteiger partial charge in [0.2, 0.25) is 5.91 Å². The van der Waals surface area contributed by atoms with Crippen molar-refractivity contribution in [3.05, 3.63) is 23.8 Å². The molecule has 108 valence electrons. The summed E-state index contributed by atoms with van der Waals surface area (Å²) >= 11 is 0. The highest BCUT2D eigenvalue weighted by molar-refractivity contribution is 5.99. The van der Waals surface area contributed by atoms with Gasteiger partial charge in [0.25, 0.3) is 0 Å². The number of amides is 1. The smallest absolute Gasteiger partial charge is 0.243 e. The summed E-state index contributed by atoms with van der Waals surface area (Å²) in [7, 11) is 0. The van der Waals surface area contributed by atoms with E-state index >= 15 is 0 Å². The van der Waals surface area contributed by atoms with Gasteiger partial charge < -0.3 is 16.0 Å². The Morgan fingerprint density at radius 1 is 1.25 bits per heavy atom. The summed E-state index contributed by atoms with van der Waals surface area (Å²) in [5, 5.41) is 2.98. The van der Waals surface area contributed by atoms with Crippen molar-refractivity contribution < 1.29 is 4.79 Å². The van der Waals surface area contributed by atoms with Gasteiger partial charge in [-0.15, -0.1) is 0 Å². The van der Waals surface area contributed by atoms with Crippen LogP contribution in [0.2, 0.25) is 0 Å². The minimum absolute atomic E-state index is 0.0739. The van der Waals surface area contributed by atoms with Gasteiger partial charge in [-0.1, -0.05) is 25.3 Å². The Labute approximate surface area is 120 Å². The standard InChI is InChI=1S/C16H23N3O/c1-11-7-8-15-14(9-11)18-16(20)13(17)10-19(15)12-5-3-2-4-6-12/h7-9,12-13H,2-6,10,17H2,1H3,(H,18,20). The van der Waals surface area contributed by atoms with E-state index < -0.39 is 6.04 Å². The number of nitrogens with two attached hydrogens (primary N) is 1. The average Bonchev–Trinajstić information content (AvgIpc) is 2.57. The van der Waals surface area contributed by atoms with Crippen molar-refractivity contribution in [1.82, 2.24) is 0 Å². The highest BCUT2D eigenvalue weighted by atomic mass is 16.2. The lowest BCUT2D eigenvalue weighted by atomic mass is 9.93. The summed E-state index contributed by atoms with van der Waals surface area (Å²) in [6.45, 7) is 2.66. The van der Waals surface area contributed by atoms with Crippen molar-refractivity contribution in [2.75, 3.05) is 16.8 Å². The highest BCUT2D eigenvalue weighted by Gasteiger charge is 2.30. The molecule has 1 saturated carbocycles. The Hall–Kier alpha value is -1.55. The third-order valence-electron chi connectivity index (χ3n) is 4.46. The molecular weight excluding hydrogens is 250 g/mol. The largest absolute Gasteiger partial charge is 0.365 e. The first-order chi connectivity index (χ1) is 9.65. The molecule has 1 heterocycles. The van der Waals surface area contributed by atoms with Crippen LogP contribution in [0.1, 0.15) is 37.7 Å². The molecule has 4 heteroatoms. The molecule has 3 N–H and O–H groups in total. The van der Waals surface area contributed by atoms with E-state index in [0.717, 1.165) is 16.9 Å². The first kappa shape index (κ1) is 13.4. The summed E-state index contributed by atoms with van der Waals surface area (Å²) in [6.07, 6.45) is 6.29. The normalized spacial score (nSPS) is 24.0. The maximum atomic E-state index is 12.1. The second-order valence-electron chi connectivity index (χ2n) is 6.06. The third-order valence-corrected chi connectivity index (χ3v) is 4.46. The Morgan fingerprint density at radius 3 is 2.75 bits per heavy atom. The van der Waals surface area contributed by atoms with Crippen molar-refractivity contribution in [1.29, 1.82) is 0 Å². The number of aryl methyl sites for hydroxylation is 1. The molecule has 1 aliphatic heterocycles. The molecule has 20 heavy (non-hydrogen) atoms. The SMILES string of the molecule is Cc1ccc2c(c1)NC(=O)C(N)CN2C1CCCCC1. The van der Waals surface area contributed by atoms with Crippen molar-refractivity contribution in [2.24, 2.45) is 5.73 Å². The highest BCUT2D eigenvalue weighted by Crippen LogP contribution is 2.34. The van der Waals surface area contributed by atoms with Crippen LogP contribution >= 0.6 is 0 Å². The molecule has 3 rings (SSSR count). The molecule has 0 aromatic heterocycles. The first-order valence-electron chi connectivity index (χ1n) is 7.59. The number of carbonyl (C=O) groups is 1. The van der Waals surface area contributed by atoms with Gasteiger partial charge in [-0.05, 0) is 37.5 Å². The van der Waals surface area contributed by atoms with E-state index in [0.29, 0.717) is 12.6 Å². The van der Waals surface area contributed by atoms with Crippen molar-refractivity contribution in [2.45, 2.75) is 51.1 Å². The van der Waals surface area contributed by atoms with E-state index in [1.807, 2.05) is 13.0 Å². The molecule has 4 nitrogen and oxygen atoms in total. The molecule has 0 radical (unpaired) electrons. The maximum absolute atomic E-state index is 12.1. The third kappa shape index (κ3) is 2.52. The maximum Gasteiger partial charge on any atom is 0.243 e. The fourth-order valence-corrected chi connectivity index (χ4v) is 3.36. The molecule has 1 aliphatic carbocycles. The molecule has 0 spiro atoms. The topological polar surface area (TPSA) is 58.4 Å². The molecule has 1 atom stereocenters. The summed E-state index contributed by atoms with van der Waals surface area (Å²) in [5.74, 6) is -0.0739. The Balaban J connectivity index is 1.97. The molecule has 2 aliphatic rings. The molecule has 1 unspecified atom stereocenters. The van der Waals surface area contributed by atoms with Crippen LogP contribution in [0, 0.1) is 6.92 Å². The number of anilines is 2. The lowest BCUT2D eigenvalue weighted by molar-refractivity contribution is -0.117. The molecule has 1 aromatic rings. The Morgan fingerprint density at radius 2 is 2.00 bits per heavy atom. The van der Waals surface area contributed by atoms with Crippen molar-refractivity contribution >= 4 is 17.3 Å². The van der Waals surface area contributed by atoms with Crippen molar-refractivity contribution in [3.8, 4) is 0 Å². The fraction of sp³-hybridized carbons (Fsp3) is 0.562. The predicted octanol–water partition coefficient (Wildman–Crippen LogP) is 2.41. The molecule has 0 bridgehead atoms. The van der Waals surface area contributed by atoms with Crippen LogP contribution < -0.4 is 16.0 Å². The monoisotopic (exact) mass is 273 g/mol. The van der Waals surface area contributed by atoms with Gasteiger partial charge in [-0.25, -0.2) is 0 Å². The van der Waals surface area contributed by atoms with Gasteiger partial charge in [-0.3, -0.25) is 4.79 Å². The van der Waals surface area contributed by atoms with Crippen LogP contribution in [0.4, 0.5) is 11.4 Å². The van der Waals surface area contributed by atoms with Crippen LogP contribution in [0.3, 0.4) is 0 Å². The van der Waals surface area contributed by atoms with Crippen LogP contribution in [-0.2, 0) is 4.79 Å². The van der Waals surface area contributed by atoms with E-state index in [9.17, 15) is 4.79 Å². The number of nitrogens with zero attached hydrogens (tertiary/aromatic N) is 1. The number of benzene rings is 1. The molecule has 1 fully saturated rings. The zero-order chi connectivity index (χ0) is 14.1. The number of carbonyl (C=O) groups excluding carboxylic acids is 1. The zero-order valence-corrected chi connectivity index (χ0v) is 12.1. The number of rotatable bonds is 1. The minimum atomic E-state index is -0.454. The number of hydrogen-bond donors (Lipinski definition) is 2. The molecule has 1 aromatic carbocycles. The zero-order valence-electron chi connectivity index (χ0n) is 12.1. The van der Waals surface area contributed by atoms with Gasteiger partial charge in [0.15, 0.2) is 0 Å². The second kappa shape index (κ2) is 5.44. The van der Waals surface area contributed by atoms with E-state index in [1.165, 1.54) is 32.1 Å². The summed E-state index contributed by atoms with van der Waals surface area (Å²) in [5.41, 5.74) is 9.23. The van der Waals surface area contributed by atoms with E-state index in [1.54, 1.807) is 0 Å². The van der Waals surface area contributed by atoms with Gasteiger partial charge in [0, 0.05) is 12.6 Å². The summed E-state index contributed by atoms with van der Waals surface area (Å²) < 4.78 is 0. The van der Waals surface area contributed by atoms with Gasteiger partial charge >= 0.3 is 0 Å². The molecular formula is C16H23N3O.